The molecule has 1 aromatic heterocycles. The Kier molecular flexibility index (Phi) is 6.77. The molecule has 7 nitrogen and oxygen atoms in total. The van der Waals surface area contributed by atoms with Gasteiger partial charge in [-0.1, -0.05) is 26.0 Å². The van der Waals surface area contributed by atoms with Gasteiger partial charge in [-0.25, -0.2) is 4.79 Å². The van der Waals surface area contributed by atoms with Crippen LogP contribution in [0.1, 0.15) is 60.3 Å². The zero-order chi connectivity index (χ0) is 24.6. The van der Waals surface area contributed by atoms with Crippen molar-refractivity contribution in [2.24, 2.45) is 0 Å². The summed E-state index contributed by atoms with van der Waals surface area (Å²) in [4.78, 5) is 28.8. The standard InChI is InChI=1S/C27H32N2O5/c1-5-17-10-19-12-21(13-20(19)11-18(17)6-2)28-14-24(32)26-15(3)9-23(31)27-22(26)7-8-25(33)29(27)34-16(4)30/h7-11,21,24,28,31-32H,5-6,12-14H2,1-4H3. The molecule has 0 bridgehead atoms. The first-order valence-electron chi connectivity index (χ1n) is 11.9. The zero-order valence-electron chi connectivity index (χ0n) is 20.1. The van der Waals surface area contributed by atoms with E-state index >= 15 is 0 Å². The van der Waals surface area contributed by atoms with E-state index in [1.807, 2.05) is 0 Å². The Bertz CT molecular complexity index is 1280. The molecule has 3 aromatic rings. The van der Waals surface area contributed by atoms with Crippen molar-refractivity contribution in [1.82, 2.24) is 10.0 Å². The number of aromatic nitrogens is 1. The number of aromatic hydroxyl groups is 1. The first-order valence-corrected chi connectivity index (χ1v) is 11.9. The predicted molar refractivity (Wildman–Crippen MR) is 131 cm³/mol. The number of aliphatic hydroxyl groups excluding tert-OH is 1. The number of carbonyl (C=O) groups is 1. The molecule has 0 radical (unpaired) electrons. The SMILES string of the molecule is CCc1cc2c(cc1CC)CC(NCC(O)c1c(C)cc(O)c3c1ccc(=O)n3OC(C)=O)C2. The van der Waals surface area contributed by atoms with Crippen LogP contribution < -0.4 is 15.7 Å². The van der Waals surface area contributed by atoms with Gasteiger partial charge >= 0.3 is 5.97 Å². The summed E-state index contributed by atoms with van der Waals surface area (Å²) in [5, 5.41) is 25.6. The van der Waals surface area contributed by atoms with Gasteiger partial charge in [0.25, 0.3) is 5.56 Å². The molecule has 1 aliphatic rings. The molecule has 3 N–H and O–H groups in total. The molecule has 2 aromatic carbocycles. The van der Waals surface area contributed by atoms with E-state index in [2.05, 4.69) is 31.3 Å². The zero-order valence-corrected chi connectivity index (χ0v) is 20.1. The molecule has 0 saturated heterocycles. The first kappa shape index (κ1) is 24.0. The molecular formula is C27H32N2O5. The molecule has 0 spiro atoms. The third-order valence-corrected chi connectivity index (χ3v) is 6.73. The van der Waals surface area contributed by atoms with Gasteiger partial charge in [-0.05, 0) is 78.1 Å². The highest BCUT2D eigenvalue weighted by Crippen LogP contribution is 2.33. The molecule has 0 fully saturated rings. The molecular weight excluding hydrogens is 432 g/mol. The predicted octanol–water partition coefficient (Wildman–Crippen LogP) is 2.91. The Morgan fingerprint density at radius 2 is 1.76 bits per heavy atom. The van der Waals surface area contributed by atoms with Crippen LogP contribution in [0.3, 0.4) is 0 Å². The maximum absolute atomic E-state index is 12.3. The summed E-state index contributed by atoms with van der Waals surface area (Å²) in [6.45, 7) is 7.67. The Morgan fingerprint density at radius 3 is 2.32 bits per heavy atom. The maximum atomic E-state index is 12.3. The van der Waals surface area contributed by atoms with Crippen molar-refractivity contribution in [2.75, 3.05) is 6.54 Å². The van der Waals surface area contributed by atoms with Crippen LogP contribution in [0.15, 0.2) is 35.1 Å². The number of aryl methyl sites for hydroxylation is 3. The van der Waals surface area contributed by atoms with Crippen LogP contribution >= 0.6 is 0 Å². The van der Waals surface area contributed by atoms with E-state index in [9.17, 15) is 19.8 Å². The summed E-state index contributed by atoms with van der Waals surface area (Å²) in [6, 6.07) is 9.18. The second kappa shape index (κ2) is 9.60. The van der Waals surface area contributed by atoms with Crippen molar-refractivity contribution in [3.8, 4) is 5.75 Å². The summed E-state index contributed by atoms with van der Waals surface area (Å²) in [5.74, 6) is -0.878. The number of hydrogen-bond acceptors (Lipinski definition) is 6. The number of carbonyl (C=O) groups excluding carboxylic acids is 1. The van der Waals surface area contributed by atoms with Crippen LogP contribution in [-0.4, -0.2) is 33.5 Å². The number of hydrogen-bond donors (Lipinski definition) is 3. The Morgan fingerprint density at radius 1 is 1.15 bits per heavy atom. The lowest BCUT2D eigenvalue weighted by Crippen LogP contribution is -2.33. The van der Waals surface area contributed by atoms with Gasteiger partial charge in [0, 0.05) is 31.0 Å². The van der Waals surface area contributed by atoms with Gasteiger partial charge < -0.3 is 20.4 Å². The summed E-state index contributed by atoms with van der Waals surface area (Å²) in [6.07, 6.45) is 3.01. The molecule has 0 saturated carbocycles. The number of benzene rings is 2. The second-order valence-corrected chi connectivity index (χ2v) is 9.06. The highest BCUT2D eigenvalue weighted by molar-refractivity contribution is 5.89. The number of fused-ring (bicyclic) bond motifs is 2. The van der Waals surface area contributed by atoms with E-state index in [0.717, 1.165) is 30.4 Å². The summed E-state index contributed by atoms with van der Waals surface area (Å²) < 4.78 is 0.778. The average Bonchev–Trinajstić information content (AvgIpc) is 3.19. The van der Waals surface area contributed by atoms with E-state index in [1.165, 1.54) is 41.3 Å². The lowest BCUT2D eigenvalue weighted by Gasteiger charge is -2.21. The fourth-order valence-electron chi connectivity index (χ4n) is 5.16. The van der Waals surface area contributed by atoms with Crippen LogP contribution in [0.5, 0.6) is 5.75 Å². The minimum atomic E-state index is -0.882. The highest BCUT2D eigenvalue weighted by atomic mass is 16.7. The van der Waals surface area contributed by atoms with Crippen LogP contribution in [0.4, 0.5) is 0 Å². The number of aliphatic hydroxyl groups is 1. The van der Waals surface area contributed by atoms with Gasteiger partial charge in [0.05, 0.1) is 6.10 Å². The van der Waals surface area contributed by atoms with Crippen molar-refractivity contribution in [3.63, 3.8) is 0 Å². The van der Waals surface area contributed by atoms with Gasteiger partial charge in [-0.2, -0.15) is 0 Å². The molecule has 0 amide bonds. The maximum Gasteiger partial charge on any atom is 0.330 e. The summed E-state index contributed by atoms with van der Waals surface area (Å²) in [5.41, 5.74) is 6.31. The number of nitrogens with one attached hydrogen (secondary N) is 1. The number of phenols is 1. The van der Waals surface area contributed by atoms with E-state index in [4.69, 9.17) is 4.84 Å². The Balaban J connectivity index is 1.58. The molecule has 7 heteroatoms. The van der Waals surface area contributed by atoms with E-state index in [-0.39, 0.29) is 17.3 Å². The third-order valence-electron chi connectivity index (χ3n) is 6.73. The largest absolute Gasteiger partial charge is 0.506 e. The molecule has 0 aliphatic heterocycles. The fraction of sp³-hybridized carbons (Fsp3) is 0.407. The molecule has 4 rings (SSSR count). The van der Waals surface area contributed by atoms with Crippen molar-refractivity contribution < 1.29 is 19.8 Å². The summed E-state index contributed by atoms with van der Waals surface area (Å²) >= 11 is 0. The normalized spacial score (nSPS) is 14.4. The van der Waals surface area contributed by atoms with Crippen molar-refractivity contribution >= 4 is 16.9 Å². The third kappa shape index (κ3) is 4.45. The first-order chi connectivity index (χ1) is 16.2. The molecule has 1 atom stereocenters. The Labute approximate surface area is 199 Å². The van der Waals surface area contributed by atoms with E-state index in [0.29, 0.717) is 23.1 Å². The average molecular weight is 465 g/mol. The van der Waals surface area contributed by atoms with Crippen molar-refractivity contribution in [2.45, 2.75) is 65.5 Å². The van der Waals surface area contributed by atoms with E-state index in [1.54, 1.807) is 13.0 Å². The quantitative estimate of drug-likeness (QED) is 0.497. The lowest BCUT2D eigenvalue weighted by molar-refractivity contribution is -0.141. The summed E-state index contributed by atoms with van der Waals surface area (Å²) in [7, 11) is 0. The molecule has 180 valence electrons. The van der Waals surface area contributed by atoms with Gasteiger partial charge in [0.1, 0.15) is 11.3 Å². The highest BCUT2D eigenvalue weighted by Gasteiger charge is 2.25. The van der Waals surface area contributed by atoms with Gasteiger partial charge in [0.15, 0.2) is 0 Å². The Hall–Kier alpha value is -3.16. The van der Waals surface area contributed by atoms with Crippen LogP contribution in [-0.2, 0) is 30.5 Å². The second-order valence-electron chi connectivity index (χ2n) is 9.06. The van der Waals surface area contributed by atoms with Gasteiger partial charge in [-0.3, -0.25) is 4.79 Å². The number of pyridine rings is 1. The minimum Gasteiger partial charge on any atom is -0.506 e. The topological polar surface area (TPSA) is 101 Å². The lowest BCUT2D eigenvalue weighted by atomic mass is 9.97. The van der Waals surface area contributed by atoms with Gasteiger partial charge in [-0.15, -0.1) is 4.73 Å². The molecule has 1 unspecified atom stereocenters. The molecule has 1 heterocycles. The van der Waals surface area contributed by atoms with Crippen molar-refractivity contribution in [1.29, 1.82) is 0 Å². The monoisotopic (exact) mass is 464 g/mol. The fourth-order valence-corrected chi connectivity index (χ4v) is 5.16. The number of nitrogens with zero attached hydrogens (tertiary/aromatic N) is 1. The van der Waals surface area contributed by atoms with Gasteiger partial charge in [0.2, 0.25) is 0 Å². The van der Waals surface area contributed by atoms with Crippen LogP contribution in [0.2, 0.25) is 0 Å². The van der Waals surface area contributed by atoms with Crippen LogP contribution in [0.25, 0.3) is 10.9 Å². The van der Waals surface area contributed by atoms with E-state index < -0.39 is 17.6 Å². The molecule has 1 aliphatic carbocycles. The smallest absolute Gasteiger partial charge is 0.330 e. The molecule has 34 heavy (non-hydrogen) atoms. The van der Waals surface area contributed by atoms with Crippen molar-refractivity contribution in [3.05, 3.63) is 74.1 Å². The number of rotatable bonds is 7. The minimum absolute atomic E-state index is 0.0646. The number of phenolic OH excluding ortho intramolecular Hbond substituents is 1. The van der Waals surface area contributed by atoms with Crippen LogP contribution in [0, 0.1) is 6.92 Å².